The smallest absolute Gasteiger partial charge is 0.325 e. The number of hydrogen-bond acceptors (Lipinski definition) is 5. The Morgan fingerprint density at radius 2 is 2.10 bits per heavy atom. The van der Waals surface area contributed by atoms with E-state index in [9.17, 15) is 9.90 Å². The molecule has 0 aliphatic heterocycles. The van der Waals surface area contributed by atoms with Gasteiger partial charge in [0.1, 0.15) is 6.04 Å². The molecule has 0 radical (unpaired) electrons. The molecule has 0 bridgehead atoms. The third kappa shape index (κ3) is 4.61. The topological polar surface area (TPSA) is 79.2 Å². The van der Waals surface area contributed by atoms with Gasteiger partial charge in [0.05, 0.1) is 20.3 Å². The summed E-state index contributed by atoms with van der Waals surface area (Å²) in [5.41, 5.74) is 0.583. The highest BCUT2D eigenvalue weighted by atomic mass is 16.5. The van der Waals surface area contributed by atoms with Crippen LogP contribution in [0.5, 0.6) is 11.5 Å². The van der Waals surface area contributed by atoms with Gasteiger partial charge >= 0.3 is 5.97 Å². The van der Waals surface area contributed by atoms with Crippen molar-refractivity contribution < 1.29 is 24.5 Å². The van der Waals surface area contributed by atoms with Crippen molar-refractivity contribution in [1.29, 1.82) is 0 Å². The molecule has 1 rings (SSSR count). The lowest BCUT2D eigenvalue weighted by atomic mass is 10.0. The maximum absolute atomic E-state index is 11.5. The quantitative estimate of drug-likeness (QED) is 0.719. The summed E-state index contributed by atoms with van der Waals surface area (Å²) in [5.74, 6) is 0.122. The summed E-state index contributed by atoms with van der Waals surface area (Å²) < 4.78 is 10.8. The first kappa shape index (κ1) is 17.3. The highest BCUT2D eigenvalue weighted by Gasteiger charge is 2.25. The summed E-state index contributed by atoms with van der Waals surface area (Å²) in [7, 11) is 3.17. The molecule has 0 spiro atoms. The summed E-state index contributed by atoms with van der Waals surface area (Å²) in [6.07, 6.45) is 0.877. The SMILES string of the molecule is CCCOc1ccc(C(C(=O)O)N(C)CCO)cc1OC. The van der Waals surface area contributed by atoms with Crippen LogP contribution in [0, 0.1) is 0 Å². The average molecular weight is 297 g/mol. The van der Waals surface area contributed by atoms with Crippen molar-refractivity contribution in [3.63, 3.8) is 0 Å². The van der Waals surface area contributed by atoms with Crippen molar-refractivity contribution in [2.75, 3.05) is 33.9 Å². The van der Waals surface area contributed by atoms with Crippen LogP contribution in [0.1, 0.15) is 24.9 Å². The molecular weight excluding hydrogens is 274 g/mol. The third-order valence-electron chi connectivity index (χ3n) is 3.09. The minimum atomic E-state index is -0.977. The number of hydrogen-bond donors (Lipinski definition) is 2. The molecule has 2 N–H and O–H groups in total. The van der Waals surface area contributed by atoms with Crippen molar-refractivity contribution in [1.82, 2.24) is 4.90 Å². The van der Waals surface area contributed by atoms with Gasteiger partial charge in [-0.15, -0.1) is 0 Å². The van der Waals surface area contributed by atoms with Crippen molar-refractivity contribution in [2.24, 2.45) is 0 Å². The summed E-state index contributed by atoms with van der Waals surface area (Å²) in [5, 5.41) is 18.4. The second-order valence-electron chi connectivity index (χ2n) is 4.70. The Morgan fingerprint density at radius 3 is 2.62 bits per heavy atom. The number of methoxy groups -OCH3 is 1. The van der Waals surface area contributed by atoms with Gasteiger partial charge in [-0.25, -0.2) is 0 Å². The number of aliphatic hydroxyl groups excluding tert-OH is 1. The van der Waals surface area contributed by atoms with E-state index in [-0.39, 0.29) is 13.2 Å². The third-order valence-corrected chi connectivity index (χ3v) is 3.09. The molecule has 0 saturated carbocycles. The van der Waals surface area contributed by atoms with Gasteiger partial charge in [0, 0.05) is 6.54 Å². The van der Waals surface area contributed by atoms with Crippen LogP contribution >= 0.6 is 0 Å². The zero-order valence-corrected chi connectivity index (χ0v) is 12.7. The Morgan fingerprint density at radius 1 is 1.38 bits per heavy atom. The molecule has 0 aromatic heterocycles. The van der Waals surface area contributed by atoms with E-state index in [4.69, 9.17) is 14.6 Å². The van der Waals surface area contributed by atoms with Crippen molar-refractivity contribution in [3.05, 3.63) is 23.8 Å². The van der Waals surface area contributed by atoms with Crippen LogP contribution in [0.2, 0.25) is 0 Å². The molecule has 0 fully saturated rings. The van der Waals surface area contributed by atoms with Gasteiger partial charge < -0.3 is 19.7 Å². The summed E-state index contributed by atoms with van der Waals surface area (Å²) in [6.45, 7) is 2.75. The van der Waals surface area contributed by atoms with Crippen molar-refractivity contribution >= 4 is 5.97 Å². The van der Waals surface area contributed by atoms with Gasteiger partial charge in [0.25, 0.3) is 0 Å². The average Bonchev–Trinajstić information content (AvgIpc) is 2.45. The number of rotatable bonds is 9. The second-order valence-corrected chi connectivity index (χ2v) is 4.70. The lowest BCUT2D eigenvalue weighted by Gasteiger charge is -2.24. The lowest BCUT2D eigenvalue weighted by Crippen LogP contribution is -2.33. The minimum Gasteiger partial charge on any atom is -0.493 e. The van der Waals surface area contributed by atoms with E-state index in [0.29, 0.717) is 23.7 Å². The van der Waals surface area contributed by atoms with Crippen LogP contribution in [0.3, 0.4) is 0 Å². The molecule has 6 nitrogen and oxygen atoms in total. The Balaban J connectivity index is 3.07. The zero-order valence-electron chi connectivity index (χ0n) is 12.7. The maximum Gasteiger partial charge on any atom is 0.325 e. The van der Waals surface area contributed by atoms with E-state index >= 15 is 0 Å². The number of likely N-dealkylation sites (N-methyl/N-ethyl adjacent to an activating group) is 1. The number of carboxylic acid groups (broad SMARTS) is 1. The molecule has 0 aliphatic carbocycles. The number of aliphatic hydroxyl groups is 1. The van der Waals surface area contributed by atoms with Gasteiger partial charge in [-0.3, -0.25) is 9.69 Å². The van der Waals surface area contributed by atoms with E-state index in [1.165, 1.54) is 7.11 Å². The number of aliphatic carboxylic acids is 1. The highest BCUT2D eigenvalue weighted by Crippen LogP contribution is 2.32. The van der Waals surface area contributed by atoms with Gasteiger partial charge in [-0.2, -0.15) is 0 Å². The van der Waals surface area contributed by atoms with Crippen molar-refractivity contribution in [2.45, 2.75) is 19.4 Å². The van der Waals surface area contributed by atoms with E-state index in [1.54, 1.807) is 30.1 Å². The van der Waals surface area contributed by atoms with E-state index in [2.05, 4.69) is 0 Å². The standard InChI is InChI=1S/C15H23NO5/c1-4-9-21-12-6-5-11(10-13(12)20-3)14(15(18)19)16(2)7-8-17/h5-6,10,14,17H,4,7-9H2,1-3H3,(H,18,19). The van der Waals surface area contributed by atoms with Crippen LogP contribution in [0.25, 0.3) is 0 Å². The maximum atomic E-state index is 11.5. The molecule has 0 aliphatic rings. The largest absolute Gasteiger partial charge is 0.493 e. The van der Waals surface area contributed by atoms with Crippen molar-refractivity contribution in [3.8, 4) is 11.5 Å². The lowest BCUT2D eigenvalue weighted by molar-refractivity contribution is -0.143. The first-order chi connectivity index (χ1) is 10.0. The Labute approximate surface area is 124 Å². The molecular formula is C15H23NO5. The monoisotopic (exact) mass is 297 g/mol. The summed E-state index contributed by atoms with van der Waals surface area (Å²) >= 11 is 0. The Kier molecular flexibility index (Phi) is 6.98. The summed E-state index contributed by atoms with van der Waals surface area (Å²) in [6, 6.07) is 4.25. The van der Waals surface area contributed by atoms with Gasteiger partial charge in [-0.05, 0) is 31.2 Å². The van der Waals surface area contributed by atoms with E-state index < -0.39 is 12.0 Å². The molecule has 0 saturated heterocycles. The highest BCUT2D eigenvalue weighted by molar-refractivity contribution is 5.76. The minimum absolute atomic E-state index is 0.102. The second kappa shape index (κ2) is 8.49. The first-order valence-corrected chi connectivity index (χ1v) is 6.89. The zero-order chi connectivity index (χ0) is 15.8. The fraction of sp³-hybridized carbons (Fsp3) is 0.533. The first-order valence-electron chi connectivity index (χ1n) is 6.89. The van der Waals surface area contributed by atoms with Crippen LogP contribution in [-0.4, -0.2) is 55.0 Å². The number of carbonyl (C=O) groups is 1. The van der Waals surface area contributed by atoms with Crippen LogP contribution in [0.15, 0.2) is 18.2 Å². The van der Waals surface area contributed by atoms with Crippen LogP contribution in [-0.2, 0) is 4.79 Å². The van der Waals surface area contributed by atoms with E-state index in [1.807, 2.05) is 6.92 Å². The summed E-state index contributed by atoms with van der Waals surface area (Å²) in [4.78, 5) is 13.1. The number of carboxylic acids is 1. The molecule has 118 valence electrons. The van der Waals surface area contributed by atoms with Crippen LogP contribution < -0.4 is 9.47 Å². The van der Waals surface area contributed by atoms with E-state index in [0.717, 1.165) is 6.42 Å². The Hall–Kier alpha value is -1.79. The fourth-order valence-electron chi connectivity index (χ4n) is 2.06. The molecule has 21 heavy (non-hydrogen) atoms. The van der Waals surface area contributed by atoms with Gasteiger partial charge in [0.15, 0.2) is 11.5 Å². The molecule has 1 unspecified atom stereocenters. The van der Waals surface area contributed by atoms with Gasteiger partial charge in [-0.1, -0.05) is 13.0 Å². The fourth-order valence-corrected chi connectivity index (χ4v) is 2.06. The molecule has 1 aromatic carbocycles. The molecule has 1 atom stereocenters. The molecule has 6 heteroatoms. The molecule has 1 aromatic rings. The number of benzene rings is 1. The normalized spacial score (nSPS) is 12.2. The number of ether oxygens (including phenoxy) is 2. The number of nitrogens with zero attached hydrogens (tertiary/aromatic N) is 1. The van der Waals surface area contributed by atoms with Crippen LogP contribution in [0.4, 0.5) is 0 Å². The molecule has 0 heterocycles. The predicted molar refractivity (Wildman–Crippen MR) is 78.9 cm³/mol. The predicted octanol–water partition coefficient (Wildman–Crippen LogP) is 1.53. The Bertz CT molecular complexity index is 463. The van der Waals surface area contributed by atoms with Gasteiger partial charge in [0.2, 0.25) is 0 Å². The molecule has 0 amide bonds.